The number of imidazole rings is 1. The van der Waals surface area contributed by atoms with Crippen molar-refractivity contribution in [1.82, 2.24) is 29.5 Å². The van der Waals surface area contributed by atoms with Crippen LogP contribution in [-0.4, -0.2) is 36.1 Å². The van der Waals surface area contributed by atoms with Gasteiger partial charge in [-0.15, -0.1) is 10.2 Å². The highest BCUT2D eigenvalue weighted by Gasteiger charge is 2.17. The molecule has 0 aliphatic rings. The second kappa shape index (κ2) is 3.77. The Morgan fingerprint density at radius 1 is 1.41 bits per heavy atom. The fourth-order valence-electron chi connectivity index (χ4n) is 1.98. The lowest BCUT2D eigenvalue weighted by Gasteiger charge is -2.09. The van der Waals surface area contributed by atoms with Gasteiger partial charge in [0.1, 0.15) is 17.7 Å². The van der Waals surface area contributed by atoms with E-state index in [-0.39, 0.29) is 5.92 Å². The molecular formula is C10H13N7. The molecule has 1 unspecified atom stereocenters. The summed E-state index contributed by atoms with van der Waals surface area (Å²) in [7, 11) is 0. The molecule has 0 saturated heterocycles. The number of fused-ring (bicyclic) bond motifs is 3. The Bertz CT molecular complexity index is 649. The maximum Gasteiger partial charge on any atom is 0.189 e. The predicted octanol–water partition coefficient (Wildman–Crippen LogP) is 0.453. The summed E-state index contributed by atoms with van der Waals surface area (Å²) in [5.74, 6) is 1.06. The molecule has 3 aromatic rings. The van der Waals surface area contributed by atoms with Crippen LogP contribution in [0.15, 0.2) is 12.7 Å². The Balaban J connectivity index is 2.28. The highest BCUT2D eigenvalue weighted by molar-refractivity contribution is 5.84. The van der Waals surface area contributed by atoms with Gasteiger partial charge in [0.05, 0.1) is 6.33 Å². The van der Waals surface area contributed by atoms with Gasteiger partial charge in [0.15, 0.2) is 11.3 Å². The normalized spacial score (nSPS) is 13.5. The molecule has 0 amide bonds. The molecule has 0 aliphatic carbocycles. The third-order valence-corrected chi connectivity index (χ3v) is 3.00. The zero-order valence-electron chi connectivity index (χ0n) is 9.46. The molecule has 0 radical (unpaired) electrons. The molecule has 17 heavy (non-hydrogen) atoms. The molecule has 3 N–H and O–H groups in total. The van der Waals surface area contributed by atoms with Crippen molar-refractivity contribution in [1.29, 1.82) is 0 Å². The summed E-state index contributed by atoms with van der Waals surface area (Å²) in [4.78, 5) is 11.4. The van der Waals surface area contributed by atoms with Gasteiger partial charge in [-0.25, -0.2) is 9.97 Å². The van der Waals surface area contributed by atoms with Crippen LogP contribution in [0.2, 0.25) is 0 Å². The van der Waals surface area contributed by atoms with Crippen LogP contribution < -0.4 is 5.73 Å². The van der Waals surface area contributed by atoms with Gasteiger partial charge < -0.3 is 10.7 Å². The summed E-state index contributed by atoms with van der Waals surface area (Å²) in [6, 6.07) is 0. The molecule has 3 aromatic heterocycles. The fraction of sp³-hybridized carbons (Fsp3) is 0.400. The number of nitrogens with one attached hydrogen (secondary N) is 1. The minimum absolute atomic E-state index is 0.201. The molecule has 1 atom stereocenters. The number of hydrogen-bond donors (Lipinski definition) is 2. The third-order valence-electron chi connectivity index (χ3n) is 3.00. The molecule has 7 heteroatoms. The maximum atomic E-state index is 5.74. The Morgan fingerprint density at radius 3 is 3.06 bits per heavy atom. The number of nitrogens with two attached hydrogens (primary N) is 1. The van der Waals surface area contributed by atoms with Crippen molar-refractivity contribution in [3.63, 3.8) is 0 Å². The fourth-order valence-corrected chi connectivity index (χ4v) is 1.98. The lowest BCUT2D eigenvalue weighted by Crippen LogP contribution is -2.14. The van der Waals surface area contributed by atoms with Gasteiger partial charge in [0, 0.05) is 12.5 Å². The minimum atomic E-state index is 0.201. The first-order valence-electron chi connectivity index (χ1n) is 5.58. The zero-order chi connectivity index (χ0) is 11.8. The first-order chi connectivity index (χ1) is 8.35. The predicted molar refractivity (Wildman–Crippen MR) is 62.5 cm³/mol. The summed E-state index contributed by atoms with van der Waals surface area (Å²) in [5.41, 5.74) is 7.94. The van der Waals surface area contributed by atoms with E-state index < -0.39 is 0 Å². The Labute approximate surface area is 97.1 Å². The van der Waals surface area contributed by atoms with Crippen LogP contribution in [0, 0.1) is 0 Å². The summed E-state index contributed by atoms with van der Waals surface area (Å²) < 4.78 is 1.88. The van der Waals surface area contributed by atoms with E-state index in [1.165, 1.54) is 0 Å². The van der Waals surface area contributed by atoms with E-state index in [0.29, 0.717) is 12.2 Å². The van der Waals surface area contributed by atoms with Crippen LogP contribution in [0.4, 0.5) is 0 Å². The van der Waals surface area contributed by atoms with Crippen molar-refractivity contribution in [2.45, 2.75) is 19.3 Å². The minimum Gasteiger partial charge on any atom is -0.340 e. The molecule has 0 bridgehead atoms. The average molecular weight is 231 g/mol. The lowest BCUT2D eigenvalue weighted by molar-refractivity contribution is 0.622. The van der Waals surface area contributed by atoms with Crippen molar-refractivity contribution < 1.29 is 0 Å². The number of aromatic nitrogens is 6. The van der Waals surface area contributed by atoms with Gasteiger partial charge in [-0.1, -0.05) is 6.92 Å². The second-order valence-corrected chi connectivity index (χ2v) is 3.94. The van der Waals surface area contributed by atoms with Crippen molar-refractivity contribution in [2.75, 3.05) is 6.54 Å². The highest BCUT2D eigenvalue weighted by Crippen LogP contribution is 2.19. The summed E-state index contributed by atoms with van der Waals surface area (Å²) >= 11 is 0. The van der Waals surface area contributed by atoms with Crippen molar-refractivity contribution in [2.24, 2.45) is 5.73 Å². The molecule has 0 fully saturated rings. The zero-order valence-corrected chi connectivity index (χ0v) is 9.46. The van der Waals surface area contributed by atoms with Gasteiger partial charge in [0.2, 0.25) is 0 Å². The van der Waals surface area contributed by atoms with Crippen molar-refractivity contribution >= 4 is 16.8 Å². The van der Waals surface area contributed by atoms with E-state index in [9.17, 15) is 0 Å². The van der Waals surface area contributed by atoms with Crippen LogP contribution >= 0.6 is 0 Å². The van der Waals surface area contributed by atoms with Crippen LogP contribution in [0.5, 0.6) is 0 Å². The molecule has 0 aromatic carbocycles. The number of nitrogens with zero attached hydrogens (tertiary/aromatic N) is 5. The van der Waals surface area contributed by atoms with E-state index in [1.54, 1.807) is 12.7 Å². The summed E-state index contributed by atoms with van der Waals surface area (Å²) in [6.07, 6.45) is 4.23. The number of aromatic amines is 1. The van der Waals surface area contributed by atoms with Crippen LogP contribution in [0.3, 0.4) is 0 Å². The standard InChI is InChI=1S/C10H13N7/c1-2-6(3-11)9-15-16-10-7-8(13-4-12-7)14-5-17(9)10/h4-6H,2-3,11H2,1H3,(H,12,13). The number of hydrogen-bond acceptors (Lipinski definition) is 5. The van der Waals surface area contributed by atoms with Crippen LogP contribution in [-0.2, 0) is 0 Å². The van der Waals surface area contributed by atoms with Gasteiger partial charge in [-0.2, -0.15) is 0 Å². The van der Waals surface area contributed by atoms with Gasteiger partial charge in [-0.3, -0.25) is 4.40 Å². The van der Waals surface area contributed by atoms with Gasteiger partial charge >= 0.3 is 0 Å². The van der Waals surface area contributed by atoms with Crippen molar-refractivity contribution in [3.05, 3.63) is 18.5 Å². The number of H-pyrrole nitrogens is 1. The van der Waals surface area contributed by atoms with E-state index in [0.717, 1.165) is 23.4 Å². The number of rotatable bonds is 3. The lowest BCUT2D eigenvalue weighted by atomic mass is 10.1. The van der Waals surface area contributed by atoms with Crippen molar-refractivity contribution in [3.8, 4) is 0 Å². The van der Waals surface area contributed by atoms with Crippen LogP contribution in [0.1, 0.15) is 25.1 Å². The average Bonchev–Trinajstić information content (AvgIpc) is 2.95. The van der Waals surface area contributed by atoms with E-state index in [4.69, 9.17) is 5.73 Å². The topological polar surface area (TPSA) is 97.8 Å². The van der Waals surface area contributed by atoms with E-state index >= 15 is 0 Å². The van der Waals surface area contributed by atoms with Gasteiger partial charge in [0.25, 0.3) is 0 Å². The summed E-state index contributed by atoms with van der Waals surface area (Å²) in [5, 5.41) is 8.39. The molecule has 3 rings (SSSR count). The molecule has 3 heterocycles. The largest absolute Gasteiger partial charge is 0.340 e. The first-order valence-corrected chi connectivity index (χ1v) is 5.58. The molecule has 0 aliphatic heterocycles. The first kappa shape index (κ1) is 10.2. The Hall–Kier alpha value is -2.02. The monoisotopic (exact) mass is 231 g/mol. The van der Waals surface area contributed by atoms with Crippen LogP contribution in [0.25, 0.3) is 16.8 Å². The Morgan fingerprint density at radius 2 is 2.29 bits per heavy atom. The highest BCUT2D eigenvalue weighted by atomic mass is 15.3. The Kier molecular flexibility index (Phi) is 2.25. The molecule has 0 spiro atoms. The third kappa shape index (κ3) is 1.39. The molecule has 0 saturated carbocycles. The smallest absolute Gasteiger partial charge is 0.189 e. The second-order valence-electron chi connectivity index (χ2n) is 3.94. The molecule has 7 nitrogen and oxygen atoms in total. The molecular weight excluding hydrogens is 218 g/mol. The quantitative estimate of drug-likeness (QED) is 0.682. The summed E-state index contributed by atoms with van der Waals surface area (Å²) in [6.45, 7) is 2.64. The SMILES string of the molecule is CCC(CN)c1nnc2c3[nH]cnc3ncn12. The maximum absolute atomic E-state index is 5.74. The van der Waals surface area contributed by atoms with Gasteiger partial charge in [-0.05, 0) is 6.42 Å². The van der Waals surface area contributed by atoms with E-state index in [2.05, 4.69) is 32.1 Å². The van der Waals surface area contributed by atoms with E-state index in [1.807, 2.05) is 4.40 Å². The molecule has 88 valence electrons.